The fourth-order valence-corrected chi connectivity index (χ4v) is 1.39. The predicted octanol–water partition coefficient (Wildman–Crippen LogP) is 2.38. The average Bonchev–Trinajstić information content (AvgIpc) is 2.67. The summed E-state index contributed by atoms with van der Waals surface area (Å²) in [4.78, 5) is 4.43. The fraction of sp³-hybridized carbons (Fsp3) is 0.250. The molecule has 0 amide bonds. The zero-order chi connectivity index (χ0) is 10.5. The molecule has 0 aliphatic heterocycles. The van der Waals surface area contributed by atoms with Gasteiger partial charge in [-0.05, 0) is 25.1 Å². The maximum absolute atomic E-state index is 5.21. The standard InChI is InChI=1S/C12H14N2O/c1-2-15-9-5-6-11-10-14-8-4-3-7-12(14)13-11/h3-8,10H,2,9H2,1H3. The van der Waals surface area contributed by atoms with Crippen molar-refractivity contribution in [2.24, 2.45) is 0 Å². The summed E-state index contributed by atoms with van der Waals surface area (Å²) >= 11 is 0. The lowest BCUT2D eigenvalue weighted by Gasteiger charge is -1.91. The Morgan fingerprint density at radius 1 is 1.47 bits per heavy atom. The predicted molar refractivity (Wildman–Crippen MR) is 60.7 cm³/mol. The summed E-state index contributed by atoms with van der Waals surface area (Å²) in [5.74, 6) is 0. The summed E-state index contributed by atoms with van der Waals surface area (Å²) in [7, 11) is 0. The number of pyridine rings is 1. The van der Waals surface area contributed by atoms with Crippen LogP contribution in [-0.2, 0) is 4.74 Å². The number of ether oxygens (including phenoxy) is 1. The molecule has 0 unspecified atom stereocenters. The molecule has 2 heterocycles. The molecule has 0 saturated carbocycles. The largest absolute Gasteiger partial charge is 0.378 e. The molecule has 0 fully saturated rings. The van der Waals surface area contributed by atoms with Crippen molar-refractivity contribution in [3.05, 3.63) is 42.4 Å². The van der Waals surface area contributed by atoms with Gasteiger partial charge in [0.15, 0.2) is 0 Å². The summed E-state index contributed by atoms with van der Waals surface area (Å²) in [6.45, 7) is 3.37. The molecule has 3 heteroatoms. The van der Waals surface area contributed by atoms with Crippen LogP contribution in [0.25, 0.3) is 11.7 Å². The highest BCUT2D eigenvalue weighted by Crippen LogP contribution is 2.05. The van der Waals surface area contributed by atoms with Gasteiger partial charge >= 0.3 is 0 Å². The average molecular weight is 202 g/mol. The minimum atomic E-state index is 0.643. The number of fused-ring (bicyclic) bond motifs is 1. The van der Waals surface area contributed by atoms with Crippen LogP contribution < -0.4 is 0 Å². The highest BCUT2D eigenvalue weighted by molar-refractivity contribution is 5.51. The Hall–Kier alpha value is -1.61. The molecule has 3 nitrogen and oxygen atoms in total. The van der Waals surface area contributed by atoms with Crippen molar-refractivity contribution in [1.29, 1.82) is 0 Å². The van der Waals surface area contributed by atoms with E-state index in [-0.39, 0.29) is 0 Å². The Kier molecular flexibility index (Phi) is 3.15. The van der Waals surface area contributed by atoms with Crippen LogP contribution in [-0.4, -0.2) is 22.6 Å². The number of rotatable bonds is 4. The van der Waals surface area contributed by atoms with Crippen LogP contribution in [0.1, 0.15) is 12.6 Å². The summed E-state index contributed by atoms with van der Waals surface area (Å²) < 4.78 is 7.21. The van der Waals surface area contributed by atoms with E-state index in [0.717, 1.165) is 17.9 Å². The molecule has 15 heavy (non-hydrogen) atoms. The van der Waals surface area contributed by atoms with E-state index >= 15 is 0 Å². The summed E-state index contributed by atoms with van der Waals surface area (Å²) in [6.07, 6.45) is 7.94. The van der Waals surface area contributed by atoms with Crippen molar-refractivity contribution >= 4 is 11.7 Å². The van der Waals surface area contributed by atoms with Gasteiger partial charge in [-0.25, -0.2) is 4.98 Å². The second-order valence-electron chi connectivity index (χ2n) is 3.19. The maximum atomic E-state index is 5.21. The zero-order valence-corrected chi connectivity index (χ0v) is 8.76. The molecule has 78 valence electrons. The van der Waals surface area contributed by atoms with E-state index in [9.17, 15) is 0 Å². The molecular weight excluding hydrogens is 188 g/mol. The first-order valence-corrected chi connectivity index (χ1v) is 5.08. The van der Waals surface area contributed by atoms with Gasteiger partial charge in [-0.2, -0.15) is 0 Å². The van der Waals surface area contributed by atoms with Crippen molar-refractivity contribution in [3.63, 3.8) is 0 Å². The van der Waals surface area contributed by atoms with E-state index in [1.807, 2.05) is 54.1 Å². The third kappa shape index (κ3) is 2.44. The Bertz CT molecular complexity index is 426. The van der Waals surface area contributed by atoms with Crippen LogP contribution in [0.4, 0.5) is 0 Å². The Labute approximate surface area is 89.0 Å². The van der Waals surface area contributed by atoms with Gasteiger partial charge in [-0.1, -0.05) is 12.1 Å². The third-order valence-electron chi connectivity index (χ3n) is 2.09. The number of hydrogen-bond donors (Lipinski definition) is 0. The van der Waals surface area contributed by atoms with Crippen LogP contribution in [0.15, 0.2) is 36.7 Å². The van der Waals surface area contributed by atoms with Gasteiger partial charge in [-0.15, -0.1) is 0 Å². The van der Waals surface area contributed by atoms with Gasteiger partial charge in [0.2, 0.25) is 0 Å². The summed E-state index contributed by atoms with van der Waals surface area (Å²) in [6, 6.07) is 5.96. The van der Waals surface area contributed by atoms with E-state index in [0.29, 0.717) is 6.61 Å². The smallest absolute Gasteiger partial charge is 0.137 e. The lowest BCUT2D eigenvalue weighted by Crippen LogP contribution is -1.87. The van der Waals surface area contributed by atoms with Crippen molar-refractivity contribution < 1.29 is 4.74 Å². The van der Waals surface area contributed by atoms with E-state index in [1.165, 1.54) is 0 Å². The highest BCUT2D eigenvalue weighted by atomic mass is 16.5. The topological polar surface area (TPSA) is 26.5 Å². The SMILES string of the molecule is CCOCC=Cc1cn2ccccc2n1. The first-order chi connectivity index (χ1) is 7.40. The third-order valence-corrected chi connectivity index (χ3v) is 2.09. The molecule has 0 aliphatic carbocycles. The molecule has 0 spiro atoms. The van der Waals surface area contributed by atoms with E-state index < -0.39 is 0 Å². The number of hydrogen-bond acceptors (Lipinski definition) is 2. The van der Waals surface area contributed by atoms with Crippen LogP contribution in [0.5, 0.6) is 0 Å². The molecule has 2 aromatic rings. The molecule has 0 aromatic carbocycles. The van der Waals surface area contributed by atoms with Crippen molar-refractivity contribution in [1.82, 2.24) is 9.38 Å². The minimum absolute atomic E-state index is 0.643. The molecule has 0 bridgehead atoms. The van der Waals surface area contributed by atoms with Crippen LogP contribution in [0, 0.1) is 0 Å². The molecule has 0 aliphatic rings. The normalized spacial score (nSPS) is 11.5. The molecule has 0 atom stereocenters. The van der Waals surface area contributed by atoms with Crippen molar-refractivity contribution in [2.45, 2.75) is 6.92 Å². The monoisotopic (exact) mass is 202 g/mol. The summed E-state index contributed by atoms with van der Waals surface area (Å²) in [5, 5.41) is 0. The zero-order valence-electron chi connectivity index (χ0n) is 8.76. The summed E-state index contributed by atoms with van der Waals surface area (Å²) in [5.41, 5.74) is 1.93. The van der Waals surface area contributed by atoms with Gasteiger partial charge < -0.3 is 9.14 Å². The lowest BCUT2D eigenvalue weighted by atomic mass is 10.4. The van der Waals surface area contributed by atoms with Gasteiger partial charge in [-0.3, -0.25) is 0 Å². The first-order valence-electron chi connectivity index (χ1n) is 5.08. The number of aromatic nitrogens is 2. The van der Waals surface area contributed by atoms with Crippen LogP contribution in [0.2, 0.25) is 0 Å². The van der Waals surface area contributed by atoms with Crippen molar-refractivity contribution in [2.75, 3.05) is 13.2 Å². The van der Waals surface area contributed by atoms with Crippen LogP contribution in [0.3, 0.4) is 0 Å². The minimum Gasteiger partial charge on any atom is -0.378 e. The van der Waals surface area contributed by atoms with E-state index in [1.54, 1.807) is 0 Å². The molecule has 0 N–H and O–H groups in total. The second kappa shape index (κ2) is 4.75. The molecular formula is C12H14N2O. The fourth-order valence-electron chi connectivity index (χ4n) is 1.39. The van der Waals surface area contributed by atoms with Gasteiger partial charge in [0, 0.05) is 19.0 Å². The highest BCUT2D eigenvalue weighted by Gasteiger charge is 1.95. The first kappa shape index (κ1) is 9.93. The quantitative estimate of drug-likeness (QED) is 0.712. The molecule has 0 saturated heterocycles. The van der Waals surface area contributed by atoms with E-state index in [2.05, 4.69) is 4.98 Å². The Balaban J connectivity index is 2.12. The lowest BCUT2D eigenvalue weighted by molar-refractivity contribution is 0.178. The van der Waals surface area contributed by atoms with Gasteiger partial charge in [0.05, 0.1) is 12.3 Å². The van der Waals surface area contributed by atoms with E-state index in [4.69, 9.17) is 4.74 Å². The Morgan fingerprint density at radius 3 is 3.20 bits per heavy atom. The molecule has 0 radical (unpaired) electrons. The van der Waals surface area contributed by atoms with Gasteiger partial charge in [0.25, 0.3) is 0 Å². The van der Waals surface area contributed by atoms with Crippen LogP contribution >= 0.6 is 0 Å². The second-order valence-corrected chi connectivity index (χ2v) is 3.19. The molecule has 2 rings (SSSR count). The number of imidazole rings is 1. The molecule has 2 aromatic heterocycles. The van der Waals surface area contributed by atoms with Gasteiger partial charge in [0.1, 0.15) is 5.65 Å². The van der Waals surface area contributed by atoms with Crippen molar-refractivity contribution in [3.8, 4) is 0 Å². The maximum Gasteiger partial charge on any atom is 0.137 e. The Morgan fingerprint density at radius 2 is 2.40 bits per heavy atom. The number of nitrogens with zero attached hydrogens (tertiary/aromatic N) is 2.